The Morgan fingerprint density at radius 1 is 1.19 bits per heavy atom. The summed E-state index contributed by atoms with van der Waals surface area (Å²) in [6.45, 7) is 0.0221. The summed E-state index contributed by atoms with van der Waals surface area (Å²) in [5, 5.41) is 2.79. The minimum Gasteiger partial charge on any atom is -0.364 e. The first-order valence-electron chi connectivity index (χ1n) is 6.07. The minimum absolute atomic E-state index is 0.0221. The van der Waals surface area contributed by atoms with E-state index in [1.807, 2.05) is 0 Å². The van der Waals surface area contributed by atoms with Crippen LogP contribution in [-0.4, -0.2) is 19.5 Å². The Morgan fingerprint density at radius 2 is 2.00 bits per heavy atom. The topological polar surface area (TPSA) is 55.6 Å². The average molecular weight is 293 g/mol. The maximum atomic E-state index is 13.5. The first-order chi connectivity index (χ1) is 10.0. The average Bonchev–Trinajstić information content (AvgIpc) is 2.79. The van der Waals surface area contributed by atoms with Crippen LogP contribution in [0.25, 0.3) is 11.2 Å². The lowest BCUT2D eigenvalue weighted by atomic mass is 10.2. The van der Waals surface area contributed by atoms with E-state index in [1.165, 1.54) is 12.4 Å². The molecule has 0 bridgehead atoms. The first kappa shape index (κ1) is 13.3. The number of hydrogen-bond acceptors (Lipinski definition) is 4. The van der Waals surface area contributed by atoms with Crippen molar-refractivity contribution in [1.82, 2.24) is 19.5 Å². The first-order valence-corrected chi connectivity index (χ1v) is 6.07. The molecule has 0 aliphatic rings. The van der Waals surface area contributed by atoms with Gasteiger partial charge in [-0.2, -0.15) is 14.4 Å². The number of anilines is 1. The molecule has 0 atom stereocenters. The molecule has 2 heterocycles. The second-order valence-electron chi connectivity index (χ2n) is 4.46. The highest BCUT2D eigenvalue weighted by Gasteiger charge is 2.12. The Morgan fingerprint density at radius 3 is 2.76 bits per heavy atom. The fraction of sp³-hybridized carbons (Fsp3) is 0.154. The molecule has 0 radical (unpaired) electrons. The third-order valence-electron chi connectivity index (χ3n) is 2.99. The van der Waals surface area contributed by atoms with Gasteiger partial charge in [0, 0.05) is 25.2 Å². The fourth-order valence-corrected chi connectivity index (χ4v) is 1.95. The van der Waals surface area contributed by atoms with E-state index in [0.29, 0.717) is 11.2 Å². The third kappa shape index (κ3) is 2.51. The molecule has 108 valence electrons. The number of benzene rings is 1. The number of halogens is 3. The van der Waals surface area contributed by atoms with Crippen LogP contribution in [0, 0.1) is 17.7 Å². The summed E-state index contributed by atoms with van der Waals surface area (Å²) in [7, 11) is 1.67. The number of imidazole rings is 1. The highest BCUT2D eigenvalue weighted by atomic mass is 19.1. The molecule has 0 aliphatic carbocycles. The molecule has 0 aliphatic heterocycles. The molecule has 3 aromatic rings. The molecule has 3 rings (SSSR count). The van der Waals surface area contributed by atoms with Crippen molar-refractivity contribution in [3.63, 3.8) is 0 Å². The number of aryl methyl sites for hydroxylation is 1. The molecule has 5 nitrogen and oxygen atoms in total. The highest BCUT2D eigenvalue weighted by Crippen LogP contribution is 2.19. The SMILES string of the molecule is Cn1cnc2c(NCc3ccc(F)cc3F)nc(F)nc21. The zero-order chi connectivity index (χ0) is 15.0. The molecule has 0 amide bonds. The molecule has 1 aromatic carbocycles. The van der Waals surface area contributed by atoms with Gasteiger partial charge in [-0.25, -0.2) is 13.8 Å². The zero-order valence-electron chi connectivity index (χ0n) is 10.9. The molecule has 0 unspecified atom stereocenters. The van der Waals surface area contributed by atoms with Crippen molar-refractivity contribution in [2.24, 2.45) is 7.05 Å². The fourth-order valence-electron chi connectivity index (χ4n) is 1.95. The van der Waals surface area contributed by atoms with Crippen molar-refractivity contribution in [2.45, 2.75) is 6.54 Å². The second kappa shape index (κ2) is 5.04. The van der Waals surface area contributed by atoms with Crippen LogP contribution in [0.1, 0.15) is 5.56 Å². The summed E-state index contributed by atoms with van der Waals surface area (Å²) < 4.78 is 41.3. The maximum absolute atomic E-state index is 13.5. The van der Waals surface area contributed by atoms with Gasteiger partial charge in [-0.1, -0.05) is 6.07 Å². The van der Waals surface area contributed by atoms with Gasteiger partial charge in [0.05, 0.1) is 6.33 Å². The van der Waals surface area contributed by atoms with Gasteiger partial charge in [-0.15, -0.1) is 0 Å². The molecular weight excluding hydrogens is 283 g/mol. The van der Waals surface area contributed by atoms with Gasteiger partial charge in [0.1, 0.15) is 11.6 Å². The summed E-state index contributed by atoms with van der Waals surface area (Å²) in [5.41, 5.74) is 0.936. The predicted octanol–water partition coefficient (Wildman–Crippen LogP) is 2.39. The summed E-state index contributed by atoms with van der Waals surface area (Å²) in [6.07, 6.45) is 0.566. The Hall–Kier alpha value is -2.64. The molecule has 1 N–H and O–H groups in total. The van der Waals surface area contributed by atoms with Crippen LogP contribution in [0.4, 0.5) is 19.0 Å². The Kier molecular flexibility index (Phi) is 3.20. The van der Waals surface area contributed by atoms with E-state index in [1.54, 1.807) is 11.6 Å². The van der Waals surface area contributed by atoms with E-state index in [4.69, 9.17) is 0 Å². The Bertz CT molecular complexity index is 815. The van der Waals surface area contributed by atoms with E-state index >= 15 is 0 Å². The number of nitrogens with one attached hydrogen (secondary N) is 1. The van der Waals surface area contributed by atoms with Crippen LogP contribution < -0.4 is 5.32 Å². The van der Waals surface area contributed by atoms with Crippen LogP contribution in [0.3, 0.4) is 0 Å². The van der Waals surface area contributed by atoms with Crippen LogP contribution in [0.2, 0.25) is 0 Å². The number of nitrogens with zero attached hydrogens (tertiary/aromatic N) is 4. The van der Waals surface area contributed by atoms with E-state index in [0.717, 1.165) is 12.1 Å². The van der Waals surface area contributed by atoms with Crippen molar-refractivity contribution in [3.8, 4) is 0 Å². The van der Waals surface area contributed by atoms with Gasteiger partial charge in [0.15, 0.2) is 17.0 Å². The van der Waals surface area contributed by atoms with E-state index < -0.39 is 17.7 Å². The molecule has 0 saturated carbocycles. The van der Waals surface area contributed by atoms with Crippen LogP contribution in [0.15, 0.2) is 24.5 Å². The normalized spacial score (nSPS) is 11.0. The van der Waals surface area contributed by atoms with Crippen molar-refractivity contribution in [1.29, 1.82) is 0 Å². The summed E-state index contributed by atoms with van der Waals surface area (Å²) in [6, 6.07) is 3.25. The molecule has 21 heavy (non-hydrogen) atoms. The monoisotopic (exact) mass is 293 g/mol. The number of rotatable bonds is 3. The smallest absolute Gasteiger partial charge is 0.312 e. The predicted molar refractivity (Wildman–Crippen MR) is 69.9 cm³/mol. The lowest BCUT2D eigenvalue weighted by molar-refractivity contribution is 0.543. The Labute approximate surface area is 117 Å². The lowest BCUT2D eigenvalue weighted by Gasteiger charge is -2.07. The molecule has 0 spiro atoms. The zero-order valence-corrected chi connectivity index (χ0v) is 10.9. The van der Waals surface area contributed by atoms with E-state index in [-0.39, 0.29) is 17.9 Å². The summed E-state index contributed by atoms with van der Waals surface area (Å²) in [5.74, 6) is -1.19. The highest BCUT2D eigenvalue weighted by molar-refractivity contribution is 5.82. The Balaban J connectivity index is 1.91. The standard InChI is InChI=1S/C13H10F3N5/c1-21-6-18-10-11(19-13(16)20-12(10)21)17-5-7-2-3-8(14)4-9(7)15/h2-4,6H,5H2,1H3,(H,17,19,20). The van der Waals surface area contributed by atoms with Gasteiger partial charge in [-0.3, -0.25) is 0 Å². The molecular formula is C13H10F3N5. The molecule has 0 fully saturated rings. The lowest BCUT2D eigenvalue weighted by Crippen LogP contribution is -2.06. The van der Waals surface area contributed by atoms with Crippen LogP contribution in [0.5, 0.6) is 0 Å². The van der Waals surface area contributed by atoms with Crippen molar-refractivity contribution >= 4 is 17.0 Å². The largest absolute Gasteiger partial charge is 0.364 e. The van der Waals surface area contributed by atoms with E-state index in [9.17, 15) is 13.2 Å². The molecule has 2 aromatic heterocycles. The maximum Gasteiger partial charge on any atom is 0.312 e. The van der Waals surface area contributed by atoms with Crippen LogP contribution in [-0.2, 0) is 13.6 Å². The molecule has 8 heteroatoms. The van der Waals surface area contributed by atoms with Crippen molar-refractivity contribution in [2.75, 3.05) is 5.32 Å². The third-order valence-corrected chi connectivity index (χ3v) is 2.99. The van der Waals surface area contributed by atoms with Gasteiger partial charge in [0.25, 0.3) is 0 Å². The van der Waals surface area contributed by atoms with Gasteiger partial charge in [0.2, 0.25) is 0 Å². The van der Waals surface area contributed by atoms with Gasteiger partial charge >= 0.3 is 6.08 Å². The number of aromatic nitrogens is 4. The number of hydrogen-bond donors (Lipinski definition) is 1. The van der Waals surface area contributed by atoms with Gasteiger partial charge < -0.3 is 9.88 Å². The summed E-state index contributed by atoms with van der Waals surface area (Å²) in [4.78, 5) is 11.3. The quantitative estimate of drug-likeness (QED) is 0.753. The minimum atomic E-state index is -0.909. The second-order valence-corrected chi connectivity index (χ2v) is 4.46. The van der Waals surface area contributed by atoms with Crippen LogP contribution >= 0.6 is 0 Å². The van der Waals surface area contributed by atoms with Gasteiger partial charge in [-0.05, 0) is 6.07 Å². The van der Waals surface area contributed by atoms with E-state index in [2.05, 4.69) is 20.3 Å². The van der Waals surface area contributed by atoms with Crippen molar-refractivity contribution in [3.05, 3.63) is 47.8 Å². The summed E-state index contributed by atoms with van der Waals surface area (Å²) >= 11 is 0. The van der Waals surface area contributed by atoms with Crippen molar-refractivity contribution < 1.29 is 13.2 Å². The number of fused-ring (bicyclic) bond motifs is 1. The molecule has 0 saturated heterocycles.